The number of hydrogen-bond donors (Lipinski definition) is 2. The zero-order valence-corrected chi connectivity index (χ0v) is 10.5. The van der Waals surface area contributed by atoms with Crippen molar-refractivity contribution >= 4 is 17.5 Å². The fraction of sp³-hybridized carbons (Fsp3) is 0.333. The molecule has 6 heteroatoms. The summed E-state index contributed by atoms with van der Waals surface area (Å²) in [5.41, 5.74) is 5.41. The van der Waals surface area contributed by atoms with Gasteiger partial charge in [-0.15, -0.1) is 0 Å². The van der Waals surface area contributed by atoms with Crippen molar-refractivity contribution in [3.8, 4) is 0 Å². The van der Waals surface area contributed by atoms with Crippen LogP contribution in [0.3, 0.4) is 0 Å². The van der Waals surface area contributed by atoms with Crippen LogP contribution in [0.2, 0.25) is 0 Å². The van der Waals surface area contributed by atoms with Crippen molar-refractivity contribution in [2.24, 2.45) is 0 Å². The number of hydrogen-bond acceptors (Lipinski definition) is 3. The van der Waals surface area contributed by atoms with Crippen molar-refractivity contribution in [3.05, 3.63) is 29.6 Å². The summed E-state index contributed by atoms with van der Waals surface area (Å²) in [6.07, 6.45) is 0. The van der Waals surface area contributed by atoms with Crippen LogP contribution in [0.15, 0.2) is 18.2 Å². The lowest BCUT2D eigenvalue weighted by Gasteiger charge is -2.18. The highest BCUT2D eigenvalue weighted by Gasteiger charge is 2.18. The van der Waals surface area contributed by atoms with Gasteiger partial charge in [-0.05, 0) is 25.1 Å². The molecule has 2 amide bonds. The Labute approximate surface area is 105 Å². The molecule has 1 rings (SSSR count). The van der Waals surface area contributed by atoms with Crippen molar-refractivity contribution in [2.75, 3.05) is 19.8 Å². The van der Waals surface area contributed by atoms with Crippen molar-refractivity contribution in [1.29, 1.82) is 0 Å². The SMILES string of the molecule is CC(NC(=O)c1ccc(N)c(F)c1)C(=O)N(C)C. The van der Waals surface area contributed by atoms with Gasteiger partial charge in [0.1, 0.15) is 11.9 Å². The fourth-order valence-corrected chi connectivity index (χ4v) is 1.40. The molecule has 1 unspecified atom stereocenters. The number of halogens is 1. The van der Waals surface area contributed by atoms with E-state index >= 15 is 0 Å². The van der Waals surface area contributed by atoms with Crippen LogP contribution in [0, 0.1) is 5.82 Å². The molecular formula is C12H16FN3O2. The predicted molar refractivity (Wildman–Crippen MR) is 66.4 cm³/mol. The molecule has 0 heterocycles. The molecule has 0 aliphatic carbocycles. The second kappa shape index (κ2) is 5.48. The van der Waals surface area contributed by atoms with Crippen molar-refractivity contribution < 1.29 is 14.0 Å². The molecule has 0 aliphatic heterocycles. The third kappa shape index (κ3) is 3.19. The quantitative estimate of drug-likeness (QED) is 0.775. The summed E-state index contributed by atoms with van der Waals surface area (Å²) in [5, 5.41) is 2.49. The maximum absolute atomic E-state index is 13.2. The Hall–Kier alpha value is -2.11. The molecular weight excluding hydrogens is 237 g/mol. The lowest BCUT2D eigenvalue weighted by molar-refractivity contribution is -0.130. The zero-order chi connectivity index (χ0) is 13.9. The highest BCUT2D eigenvalue weighted by Crippen LogP contribution is 2.12. The number of carbonyl (C=O) groups is 2. The molecule has 3 N–H and O–H groups in total. The normalized spacial score (nSPS) is 11.8. The first-order chi connectivity index (χ1) is 8.32. The number of carbonyl (C=O) groups excluding carboxylic acids is 2. The fourth-order valence-electron chi connectivity index (χ4n) is 1.40. The Morgan fingerprint density at radius 2 is 2.00 bits per heavy atom. The zero-order valence-electron chi connectivity index (χ0n) is 10.5. The van der Waals surface area contributed by atoms with E-state index < -0.39 is 17.8 Å². The maximum atomic E-state index is 13.2. The summed E-state index contributed by atoms with van der Waals surface area (Å²) in [7, 11) is 3.18. The number of amides is 2. The van der Waals surface area contributed by atoms with E-state index in [0.29, 0.717) is 0 Å². The number of nitrogen functional groups attached to an aromatic ring is 1. The van der Waals surface area contributed by atoms with Crippen LogP contribution in [0.25, 0.3) is 0 Å². The molecule has 1 atom stereocenters. The second-order valence-corrected chi connectivity index (χ2v) is 4.16. The molecule has 0 spiro atoms. The molecule has 18 heavy (non-hydrogen) atoms. The van der Waals surface area contributed by atoms with E-state index in [4.69, 9.17) is 5.73 Å². The Morgan fingerprint density at radius 1 is 1.39 bits per heavy atom. The maximum Gasteiger partial charge on any atom is 0.252 e. The van der Waals surface area contributed by atoms with Crippen molar-refractivity contribution in [1.82, 2.24) is 10.2 Å². The van der Waals surface area contributed by atoms with Crippen molar-refractivity contribution in [2.45, 2.75) is 13.0 Å². The molecule has 0 saturated heterocycles. The minimum atomic E-state index is -0.673. The van der Waals surface area contributed by atoms with Crippen LogP contribution in [0.4, 0.5) is 10.1 Å². The van der Waals surface area contributed by atoms with E-state index in [1.165, 1.54) is 17.0 Å². The van der Waals surface area contributed by atoms with E-state index in [1.54, 1.807) is 21.0 Å². The molecule has 0 bridgehead atoms. The molecule has 5 nitrogen and oxygen atoms in total. The van der Waals surface area contributed by atoms with Gasteiger partial charge in [0.2, 0.25) is 5.91 Å². The summed E-state index contributed by atoms with van der Waals surface area (Å²) in [6.45, 7) is 1.56. The van der Waals surface area contributed by atoms with Crippen LogP contribution in [-0.2, 0) is 4.79 Å². The Kier molecular flexibility index (Phi) is 4.25. The van der Waals surface area contributed by atoms with E-state index in [-0.39, 0.29) is 17.2 Å². The monoisotopic (exact) mass is 253 g/mol. The predicted octanol–water partition coefficient (Wildman–Crippen LogP) is 0.614. The van der Waals surface area contributed by atoms with Crippen LogP contribution in [0.5, 0.6) is 0 Å². The number of nitrogens with one attached hydrogen (secondary N) is 1. The number of benzene rings is 1. The first kappa shape index (κ1) is 14.0. The number of rotatable bonds is 3. The molecule has 1 aromatic rings. The number of nitrogens with two attached hydrogens (primary N) is 1. The minimum absolute atomic E-state index is 0.0241. The summed E-state index contributed by atoms with van der Waals surface area (Å²) >= 11 is 0. The molecule has 1 aromatic carbocycles. The third-order valence-electron chi connectivity index (χ3n) is 2.42. The Bertz CT molecular complexity index is 474. The van der Waals surface area contributed by atoms with Crippen LogP contribution in [0.1, 0.15) is 17.3 Å². The summed E-state index contributed by atoms with van der Waals surface area (Å²) in [6, 6.07) is 3.08. The molecule has 0 saturated carbocycles. The van der Waals surface area contributed by atoms with Gasteiger partial charge < -0.3 is 16.0 Å². The van der Waals surface area contributed by atoms with E-state index in [1.807, 2.05) is 0 Å². The van der Waals surface area contributed by atoms with Gasteiger partial charge in [-0.25, -0.2) is 4.39 Å². The van der Waals surface area contributed by atoms with Gasteiger partial charge in [0, 0.05) is 19.7 Å². The van der Waals surface area contributed by atoms with Gasteiger partial charge >= 0.3 is 0 Å². The first-order valence-electron chi connectivity index (χ1n) is 5.40. The minimum Gasteiger partial charge on any atom is -0.396 e. The summed E-state index contributed by atoms with van der Waals surface area (Å²) in [5.74, 6) is -1.41. The lowest BCUT2D eigenvalue weighted by Crippen LogP contribution is -2.44. The molecule has 0 aromatic heterocycles. The lowest BCUT2D eigenvalue weighted by atomic mass is 10.1. The molecule has 0 aliphatic rings. The van der Waals surface area contributed by atoms with E-state index in [0.717, 1.165) is 6.07 Å². The van der Waals surface area contributed by atoms with Crippen molar-refractivity contribution in [3.63, 3.8) is 0 Å². The number of likely N-dealkylation sites (N-methyl/N-ethyl adjacent to an activating group) is 1. The van der Waals surface area contributed by atoms with Gasteiger partial charge in [-0.2, -0.15) is 0 Å². The topological polar surface area (TPSA) is 75.4 Å². The molecule has 0 fully saturated rings. The first-order valence-corrected chi connectivity index (χ1v) is 5.40. The van der Waals surface area contributed by atoms with Gasteiger partial charge in [-0.1, -0.05) is 0 Å². The second-order valence-electron chi connectivity index (χ2n) is 4.16. The van der Waals surface area contributed by atoms with Crippen LogP contribution >= 0.6 is 0 Å². The largest absolute Gasteiger partial charge is 0.396 e. The van der Waals surface area contributed by atoms with Gasteiger partial charge in [0.15, 0.2) is 0 Å². The van der Waals surface area contributed by atoms with E-state index in [9.17, 15) is 14.0 Å². The van der Waals surface area contributed by atoms with Gasteiger partial charge in [-0.3, -0.25) is 9.59 Å². The molecule has 0 radical (unpaired) electrons. The third-order valence-corrected chi connectivity index (χ3v) is 2.42. The average Bonchev–Trinajstić information content (AvgIpc) is 2.31. The standard InChI is InChI=1S/C12H16FN3O2/c1-7(12(18)16(2)3)15-11(17)8-4-5-10(14)9(13)6-8/h4-7H,14H2,1-3H3,(H,15,17). The van der Waals surface area contributed by atoms with E-state index in [2.05, 4.69) is 5.32 Å². The van der Waals surface area contributed by atoms with Gasteiger partial charge in [0.05, 0.1) is 5.69 Å². The Morgan fingerprint density at radius 3 is 2.50 bits per heavy atom. The van der Waals surface area contributed by atoms with Gasteiger partial charge in [0.25, 0.3) is 5.91 Å². The summed E-state index contributed by atoms with van der Waals surface area (Å²) < 4.78 is 13.2. The molecule has 98 valence electrons. The Balaban J connectivity index is 2.76. The van der Waals surface area contributed by atoms with Crippen LogP contribution < -0.4 is 11.1 Å². The smallest absolute Gasteiger partial charge is 0.252 e. The number of anilines is 1. The highest BCUT2D eigenvalue weighted by atomic mass is 19.1. The van der Waals surface area contributed by atoms with Crippen LogP contribution in [-0.4, -0.2) is 36.9 Å². The number of nitrogens with zero attached hydrogens (tertiary/aromatic N) is 1. The average molecular weight is 253 g/mol. The summed E-state index contributed by atoms with van der Waals surface area (Å²) in [4.78, 5) is 24.7. The highest BCUT2D eigenvalue weighted by molar-refractivity contribution is 5.97.